The first-order chi connectivity index (χ1) is 9.87. The van der Waals surface area contributed by atoms with Crippen LogP contribution in [0.3, 0.4) is 0 Å². The molecule has 0 amide bonds. The number of aryl methyl sites for hydroxylation is 1. The Labute approximate surface area is 136 Å². The van der Waals surface area contributed by atoms with E-state index in [-0.39, 0.29) is 22.7 Å². The van der Waals surface area contributed by atoms with Gasteiger partial charge < -0.3 is 4.74 Å². The van der Waals surface area contributed by atoms with Crippen LogP contribution in [0, 0.1) is 12.8 Å². The molecule has 0 N–H and O–H groups in total. The topological polar surface area (TPSA) is 26.3 Å². The highest BCUT2D eigenvalue weighted by atomic mass is 16.5. The molecule has 0 spiro atoms. The third-order valence-electron chi connectivity index (χ3n) is 4.07. The fraction of sp³-hybridized carbons (Fsp3) is 0.650. The first-order valence-corrected chi connectivity index (χ1v) is 8.25. The van der Waals surface area contributed by atoms with Gasteiger partial charge in [-0.3, -0.25) is 4.79 Å². The Bertz CT molecular complexity index is 507. The molecular formula is C20H32O2. The molecule has 0 heterocycles. The maximum absolute atomic E-state index is 12.4. The van der Waals surface area contributed by atoms with Crippen molar-refractivity contribution in [3.05, 3.63) is 28.8 Å². The van der Waals surface area contributed by atoms with Gasteiger partial charge in [-0.05, 0) is 24.2 Å². The zero-order valence-electron chi connectivity index (χ0n) is 15.8. The van der Waals surface area contributed by atoms with E-state index in [0.29, 0.717) is 0 Å². The lowest BCUT2D eigenvalue weighted by molar-refractivity contribution is -0.138. The molecule has 22 heavy (non-hydrogen) atoms. The number of carbonyl (C=O) groups is 1. The van der Waals surface area contributed by atoms with Crippen LogP contribution >= 0.6 is 0 Å². The first kappa shape index (κ1) is 18.7. The minimum Gasteiger partial charge on any atom is -0.426 e. The summed E-state index contributed by atoms with van der Waals surface area (Å²) in [6, 6.07) is 4.29. The summed E-state index contributed by atoms with van der Waals surface area (Å²) in [5, 5.41) is 0. The summed E-state index contributed by atoms with van der Waals surface area (Å²) in [7, 11) is 0. The van der Waals surface area contributed by atoms with E-state index in [0.717, 1.165) is 23.3 Å². The van der Waals surface area contributed by atoms with E-state index in [1.807, 2.05) is 13.8 Å². The fourth-order valence-corrected chi connectivity index (χ4v) is 2.37. The molecule has 1 aromatic rings. The van der Waals surface area contributed by atoms with Gasteiger partial charge in [-0.15, -0.1) is 0 Å². The molecule has 1 rings (SSSR count). The van der Waals surface area contributed by atoms with Crippen molar-refractivity contribution in [2.75, 3.05) is 0 Å². The smallest absolute Gasteiger partial charge is 0.314 e. The predicted octanol–water partition coefficient (Wildman–Crippen LogP) is 5.54. The Kier molecular flexibility index (Phi) is 5.48. The molecule has 0 aliphatic carbocycles. The molecule has 0 saturated carbocycles. The highest BCUT2D eigenvalue weighted by Gasteiger charge is 2.29. The fourth-order valence-electron chi connectivity index (χ4n) is 2.37. The standard InChI is InChI=1S/C20H32O2/c1-10-14(3)18(21)22-17-15(19(4,5)6)11-13(2)12-16(17)20(7,8)9/h11-12,14H,10H2,1-9H3. The van der Waals surface area contributed by atoms with Gasteiger partial charge in [0.1, 0.15) is 5.75 Å². The van der Waals surface area contributed by atoms with Gasteiger partial charge in [0.15, 0.2) is 0 Å². The Morgan fingerprint density at radius 2 is 1.45 bits per heavy atom. The van der Waals surface area contributed by atoms with Crippen LogP contribution in [-0.4, -0.2) is 5.97 Å². The molecule has 2 nitrogen and oxygen atoms in total. The molecule has 0 aliphatic rings. The van der Waals surface area contributed by atoms with Gasteiger partial charge in [-0.25, -0.2) is 0 Å². The Hall–Kier alpha value is -1.31. The van der Waals surface area contributed by atoms with Crippen molar-refractivity contribution in [2.24, 2.45) is 5.92 Å². The van der Waals surface area contributed by atoms with E-state index in [2.05, 4.69) is 60.6 Å². The van der Waals surface area contributed by atoms with E-state index >= 15 is 0 Å². The molecule has 124 valence electrons. The lowest BCUT2D eigenvalue weighted by Gasteiger charge is -2.30. The van der Waals surface area contributed by atoms with E-state index < -0.39 is 0 Å². The van der Waals surface area contributed by atoms with Crippen LogP contribution in [-0.2, 0) is 15.6 Å². The number of rotatable bonds is 3. The Morgan fingerprint density at radius 1 is 1.05 bits per heavy atom. The molecule has 0 aliphatic heterocycles. The molecule has 0 bridgehead atoms. The molecule has 0 saturated heterocycles. The third-order valence-corrected chi connectivity index (χ3v) is 4.07. The summed E-state index contributed by atoms with van der Waals surface area (Å²) in [6.07, 6.45) is 0.792. The number of esters is 1. The van der Waals surface area contributed by atoms with Crippen molar-refractivity contribution in [2.45, 2.75) is 79.6 Å². The van der Waals surface area contributed by atoms with Crippen LogP contribution in [0.5, 0.6) is 5.75 Å². The summed E-state index contributed by atoms with van der Waals surface area (Å²) in [5.41, 5.74) is 3.27. The quantitative estimate of drug-likeness (QED) is 0.541. The summed E-state index contributed by atoms with van der Waals surface area (Å²) in [4.78, 5) is 12.4. The predicted molar refractivity (Wildman–Crippen MR) is 93.7 cm³/mol. The van der Waals surface area contributed by atoms with Crippen LogP contribution in [0.25, 0.3) is 0 Å². The largest absolute Gasteiger partial charge is 0.426 e. The van der Waals surface area contributed by atoms with Gasteiger partial charge in [0, 0.05) is 11.1 Å². The molecule has 1 aromatic carbocycles. The SMILES string of the molecule is CCC(C)C(=O)Oc1c(C(C)(C)C)cc(C)cc1C(C)(C)C. The number of carbonyl (C=O) groups excluding carboxylic acids is 1. The zero-order valence-corrected chi connectivity index (χ0v) is 15.8. The second kappa shape index (κ2) is 6.44. The number of hydrogen-bond donors (Lipinski definition) is 0. The lowest BCUT2D eigenvalue weighted by Crippen LogP contribution is -2.24. The lowest BCUT2D eigenvalue weighted by atomic mass is 9.78. The minimum absolute atomic E-state index is 0.0723. The van der Waals surface area contributed by atoms with E-state index in [9.17, 15) is 4.79 Å². The van der Waals surface area contributed by atoms with E-state index in [1.54, 1.807) is 0 Å². The van der Waals surface area contributed by atoms with Gasteiger partial charge in [0.2, 0.25) is 0 Å². The summed E-state index contributed by atoms with van der Waals surface area (Å²) >= 11 is 0. The maximum Gasteiger partial charge on any atom is 0.314 e. The van der Waals surface area contributed by atoms with E-state index in [4.69, 9.17) is 4.74 Å². The van der Waals surface area contributed by atoms with Crippen LogP contribution in [0.4, 0.5) is 0 Å². The second-order valence-corrected chi connectivity index (χ2v) is 8.42. The minimum atomic E-state index is -0.137. The van der Waals surface area contributed by atoms with Crippen molar-refractivity contribution in [1.82, 2.24) is 0 Å². The molecule has 2 heteroatoms. The van der Waals surface area contributed by atoms with Gasteiger partial charge in [-0.1, -0.05) is 73.1 Å². The monoisotopic (exact) mass is 304 g/mol. The van der Waals surface area contributed by atoms with Crippen LogP contribution < -0.4 is 4.74 Å². The van der Waals surface area contributed by atoms with Gasteiger partial charge >= 0.3 is 5.97 Å². The Balaban J connectivity index is 3.52. The molecular weight excluding hydrogens is 272 g/mol. The van der Waals surface area contributed by atoms with Gasteiger partial charge in [0.25, 0.3) is 0 Å². The van der Waals surface area contributed by atoms with Crippen molar-refractivity contribution in [3.8, 4) is 5.75 Å². The van der Waals surface area contributed by atoms with Crippen molar-refractivity contribution in [3.63, 3.8) is 0 Å². The van der Waals surface area contributed by atoms with Crippen LogP contribution in [0.2, 0.25) is 0 Å². The maximum atomic E-state index is 12.4. The number of ether oxygens (including phenoxy) is 1. The normalized spacial score (nSPS) is 13.9. The van der Waals surface area contributed by atoms with Crippen LogP contribution in [0.1, 0.15) is 78.5 Å². The molecule has 1 unspecified atom stereocenters. The van der Waals surface area contributed by atoms with Crippen LogP contribution in [0.15, 0.2) is 12.1 Å². The van der Waals surface area contributed by atoms with Gasteiger partial charge in [-0.2, -0.15) is 0 Å². The summed E-state index contributed by atoms with van der Waals surface area (Å²) < 4.78 is 5.90. The third kappa shape index (κ3) is 4.34. The van der Waals surface area contributed by atoms with Gasteiger partial charge in [0.05, 0.1) is 5.92 Å². The van der Waals surface area contributed by atoms with E-state index in [1.165, 1.54) is 5.56 Å². The number of benzene rings is 1. The highest BCUT2D eigenvalue weighted by molar-refractivity contribution is 5.76. The number of hydrogen-bond acceptors (Lipinski definition) is 2. The second-order valence-electron chi connectivity index (χ2n) is 8.42. The first-order valence-electron chi connectivity index (χ1n) is 8.25. The Morgan fingerprint density at radius 3 is 1.77 bits per heavy atom. The molecule has 0 fully saturated rings. The summed E-state index contributed by atoms with van der Waals surface area (Å²) in [6.45, 7) is 19.0. The average Bonchev–Trinajstić information content (AvgIpc) is 2.36. The highest BCUT2D eigenvalue weighted by Crippen LogP contribution is 2.41. The molecule has 1 atom stereocenters. The average molecular weight is 304 g/mol. The van der Waals surface area contributed by atoms with Crippen molar-refractivity contribution < 1.29 is 9.53 Å². The van der Waals surface area contributed by atoms with Crippen molar-refractivity contribution in [1.29, 1.82) is 0 Å². The summed E-state index contributed by atoms with van der Waals surface area (Å²) in [5.74, 6) is 0.542. The molecule has 0 radical (unpaired) electrons. The molecule has 0 aromatic heterocycles. The zero-order chi connectivity index (χ0) is 17.3. The van der Waals surface area contributed by atoms with Crippen molar-refractivity contribution >= 4 is 5.97 Å².